The summed E-state index contributed by atoms with van der Waals surface area (Å²) in [5.74, 6) is 0.131. The van der Waals surface area contributed by atoms with Crippen molar-refractivity contribution in [2.75, 3.05) is 20.1 Å². The molecule has 0 saturated carbocycles. The van der Waals surface area contributed by atoms with E-state index in [1.165, 1.54) is 4.90 Å². The zero-order chi connectivity index (χ0) is 13.6. The van der Waals surface area contributed by atoms with Gasteiger partial charge >= 0.3 is 0 Å². The van der Waals surface area contributed by atoms with Gasteiger partial charge in [0.1, 0.15) is 0 Å². The Balaban J connectivity index is 4.12. The van der Waals surface area contributed by atoms with Crippen molar-refractivity contribution in [1.29, 1.82) is 0 Å². The highest BCUT2D eigenvalue weighted by Gasteiger charge is 2.22. The van der Waals surface area contributed by atoms with Gasteiger partial charge in [-0.1, -0.05) is 27.7 Å². The Labute approximate surface area is 104 Å². The summed E-state index contributed by atoms with van der Waals surface area (Å²) in [5.41, 5.74) is 5.74. The van der Waals surface area contributed by atoms with E-state index in [-0.39, 0.29) is 24.3 Å². The highest BCUT2D eigenvalue weighted by atomic mass is 16.2. The third-order valence-corrected chi connectivity index (χ3v) is 2.47. The standard InChI is InChI=1S/C12H25N3O2/c1-8(2)6-14-10(16)7-15(5)12(17)11(13)9(3)4/h8-9,11H,6-7,13H2,1-5H3,(H,14,16). The Bertz CT molecular complexity index is 264. The van der Waals surface area contributed by atoms with Crippen molar-refractivity contribution in [2.45, 2.75) is 33.7 Å². The van der Waals surface area contributed by atoms with E-state index in [0.29, 0.717) is 12.5 Å². The number of hydrogen-bond donors (Lipinski definition) is 2. The van der Waals surface area contributed by atoms with Gasteiger partial charge in [-0.25, -0.2) is 0 Å². The van der Waals surface area contributed by atoms with Gasteiger partial charge in [-0.3, -0.25) is 9.59 Å². The first-order valence-electron chi connectivity index (χ1n) is 6.03. The number of hydrogen-bond acceptors (Lipinski definition) is 3. The third-order valence-electron chi connectivity index (χ3n) is 2.47. The number of carbonyl (C=O) groups is 2. The fraction of sp³-hybridized carbons (Fsp3) is 0.833. The monoisotopic (exact) mass is 243 g/mol. The Morgan fingerprint density at radius 1 is 1.24 bits per heavy atom. The Hall–Kier alpha value is -1.10. The second kappa shape index (κ2) is 7.27. The average Bonchev–Trinajstić information content (AvgIpc) is 2.23. The van der Waals surface area contributed by atoms with Gasteiger partial charge in [0.15, 0.2) is 0 Å². The van der Waals surface area contributed by atoms with E-state index in [4.69, 9.17) is 5.73 Å². The fourth-order valence-electron chi connectivity index (χ4n) is 1.21. The van der Waals surface area contributed by atoms with E-state index in [0.717, 1.165) is 0 Å². The largest absolute Gasteiger partial charge is 0.354 e. The summed E-state index contributed by atoms with van der Waals surface area (Å²) in [6, 6.07) is -0.544. The second-order valence-electron chi connectivity index (χ2n) is 5.16. The molecular formula is C12H25N3O2. The van der Waals surface area contributed by atoms with Crippen LogP contribution in [0.4, 0.5) is 0 Å². The van der Waals surface area contributed by atoms with Crippen LogP contribution in [0.25, 0.3) is 0 Å². The maximum atomic E-state index is 11.8. The van der Waals surface area contributed by atoms with Gasteiger partial charge in [0.25, 0.3) is 0 Å². The summed E-state index contributed by atoms with van der Waals surface area (Å²) in [4.78, 5) is 24.7. The van der Waals surface area contributed by atoms with Gasteiger partial charge in [0.2, 0.25) is 11.8 Å². The maximum absolute atomic E-state index is 11.8. The normalized spacial score (nSPS) is 12.7. The molecule has 3 N–H and O–H groups in total. The summed E-state index contributed by atoms with van der Waals surface area (Å²) in [6.07, 6.45) is 0. The Kier molecular flexibility index (Phi) is 6.80. The van der Waals surface area contributed by atoms with E-state index in [1.807, 2.05) is 27.7 Å². The topological polar surface area (TPSA) is 75.4 Å². The maximum Gasteiger partial charge on any atom is 0.239 e. The van der Waals surface area contributed by atoms with Crippen LogP contribution in [-0.2, 0) is 9.59 Å². The van der Waals surface area contributed by atoms with Crippen LogP contribution in [0.2, 0.25) is 0 Å². The molecule has 5 nitrogen and oxygen atoms in total. The summed E-state index contributed by atoms with van der Waals surface area (Å²) < 4.78 is 0. The van der Waals surface area contributed by atoms with Gasteiger partial charge in [0, 0.05) is 13.6 Å². The molecule has 0 rings (SSSR count). The molecule has 17 heavy (non-hydrogen) atoms. The van der Waals surface area contributed by atoms with Gasteiger partial charge < -0.3 is 16.0 Å². The van der Waals surface area contributed by atoms with Crippen molar-refractivity contribution in [3.05, 3.63) is 0 Å². The molecule has 0 aromatic heterocycles. The molecule has 0 heterocycles. The van der Waals surface area contributed by atoms with E-state index < -0.39 is 6.04 Å². The highest BCUT2D eigenvalue weighted by molar-refractivity contribution is 5.87. The number of amides is 2. The zero-order valence-corrected chi connectivity index (χ0v) is 11.5. The predicted molar refractivity (Wildman–Crippen MR) is 68.3 cm³/mol. The zero-order valence-electron chi connectivity index (χ0n) is 11.5. The number of nitrogens with zero attached hydrogens (tertiary/aromatic N) is 1. The summed E-state index contributed by atoms with van der Waals surface area (Å²) in [7, 11) is 1.60. The number of likely N-dealkylation sites (N-methyl/N-ethyl adjacent to an activating group) is 1. The third kappa shape index (κ3) is 6.26. The van der Waals surface area contributed by atoms with Crippen molar-refractivity contribution in [3.8, 4) is 0 Å². The van der Waals surface area contributed by atoms with E-state index in [2.05, 4.69) is 5.32 Å². The number of nitrogens with one attached hydrogen (secondary N) is 1. The predicted octanol–water partition coefficient (Wildman–Crippen LogP) is 0.200. The lowest BCUT2D eigenvalue weighted by Gasteiger charge is -2.23. The molecule has 5 heteroatoms. The van der Waals surface area contributed by atoms with Crippen LogP contribution in [0, 0.1) is 11.8 Å². The highest BCUT2D eigenvalue weighted by Crippen LogP contribution is 2.01. The van der Waals surface area contributed by atoms with Gasteiger partial charge in [0.05, 0.1) is 12.6 Å². The molecule has 1 unspecified atom stereocenters. The minimum Gasteiger partial charge on any atom is -0.354 e. The molecule has 0 saturated heterocycles. The molecule has 1 atom stereocenters. The Morgan fingerprint density at radius 2 is 1.76 bits per heavy atom. The van der Waals surface area contributed by atoms with Crippen LogP contribution >= 0.6 is 0 Å². The van der Waals surface area contributed by atoms with Gasteiger partial charge in [-0.2, -0.15) is 0 Å². The molecule has 0 aliphatic rings. The van der Waals surface area contributed by atoms with Crippen molar-refractivity contribution in [3.63, 3.8) is 0 Å². The molecule has 0 fully saturated rings. The SMILES string of the molecule is CC(C)CNC(=O)CN(C)C(=O)C(N)C(C)C. The summed E-state index contributed by atoms with van der Waals surface area (Å²) in [6.45, 7) is 8.49. The lowest BCUT2D eigenvalue weighted by molar-refractivity contribution is -0.136. The quantitative estimate of drug-likeness (QED) is 0.700. The van der Waals surface area contributed by atoms with Gasteiger partial charge in [-0.15, -0.1) is 0 Å². The van der Waals surface area contributed by atoms with Crippen LogP contribution in [0.3, 0.4) is 0 Å². The number of rotatable bonds is 6. The van der Waals surface area contributed by atoms with Crippen molar-refractivity contribution < 1.29 is 9.59 Å². The molecule has 0 aliphatic carbocycles. The molecule has 0 spiro atoms. The second-order valence-corrected chi connectivity index (χ2v) is 5.16. The van der Waals surface area contributed by atoms with E-state index >= 15 is 0 Å². The molecule has 100 valence electrons. The van der Waals surface area contributed by atoms with Crippen LogP contribution in [0.5, 0.6) is 0 Å². The number of carbonyl (C=O) groups excluding carboxylic acids is 2. The van der Waals surface area contributed by atoms with Gasteiger partial charge in [-0.05, 0) is 11.8 Å². The van der Waals surface area contributed by atoms with Crippen LogP contribution in [-0.4, -0.2) is 42.9 Å². The van der Waals surface area contributed by atoms with Crippen molar-refractivity contribution in [2.24, 2.45) is 17.6 Å². The minimum atomic E-state index is -0.544. The Morgan fingerprint density at radius 3 is 2.18 bits per heavy atom. The van der Waals surface area contributed by atoms with Crippen LogP contribution < -0.4 is 11.1 Å². The summed E-state index contributed by atoms with van der Waals surface area (Å²) >= 11 is 0. The van der Waals surface area contributed by atoms with Crippen molar-refractivity contribution >= 4 is 11.8 Å². The summed E-state index contributed by atoms with van der Waals surface area (Å²) in [5, 5.41) is 2.76. The van der Waals surface area contributed by atoms with Crippen LogP contribution in [0.15, 0.2) is 0 Å². The smallest absolute Gasteiger partial charge is 0.239 e. The van der Waals surface area contributed by atoms with Crippen molar-refractivity contribution in [1.82, 2.24) is 10.2 Å². The molecule has 0 aromatic rings. The molecule has 0 bridgehead atoms. The first kappa shape index (κ1) is 15.9. The first-order valence-corrected chi connectivity index (χ1v) is 6.03. The average molecular weight is 243 g/mol. The van der Waals surface area contributed by atoms with E-state index in [9.17, 15) is 9.59 Å². The van der Waals surface area contributed by atoms with E-state index in [1.54, 1.807) is 7.05 Å². The molecule has 2 amide bonds. The fourth-order valence-corrected chi connectivity index (χ4v) is 1.21. The molecule has 0 aromatic carbocycles. The molecule has 0 radical (unpaired) electrons. The lowest BCUT2D eigenvalue weighted by Crippen LogP contribution is -2.48. The molecular weight excluding hydrogens is 218 g/mol. The minimum absolute atomic E-state index is 0.0615. The van der Waals surface area contributed by atoms with Crippen LogP contribution in [0.1, 0.15) is 27.7 Å². The molecule has 0 aliphatic heterocycles. The first-order chi connectivity index (χ1) is 7.75. The lowest BCUT2D eigenvalue weighted by atomic mass is 10.0. The number of nitrogens with two attached hydrogens (primary N) is 1.